The molecule has 4 heterocycles. The van der Waals surface area contributed by atoms with Gasteiger partial charge in [0, 0.05) is 105 Å². The molecule has 7 aliphatic rings. The van der Waals surface area contributed by atoms with E-state index in [0.29, 0.717) is 36.3 Å². The number of hydrogen-bond donors (Lipinski definition) is 7. The molecule has 0 aromatic rings. The molecule has 0 spiro atoms. The number of likely N-dealkylation sites (tertiary alicyclic amines) is 4. The van der Waals surface area contributed by atoms with E-state index in [9.17, 15) is 0 Å². The number of rotatable bonds is 15. The van der Waals surface area contributed by atoms with Crippen LogP contribution in [0.15, 0.2) is 0 Å². The molecule has 410 valence electrons. The van der Waals surface area contributed by atoms with Crippen LogP contribution in [-0.4, -0.2) is 185 Å². The fourth-order valence-corrected chi connectivity index (χ4v) is 10.9. The standard InChI is InChI=1S/C9H20N2.2C8H18N2.3C8H17N.C7H16N2.CH4/c1-4-11-6-5-9(7-11)10-8(2)3;2*1-7(2)9-8-4-5-10(3)6-8;3*1-7(2)9-8-5-3-4-6-8;1-3-9-5-4-7(6-9)8-2;/h8-10H,4-7H2,1-3H3;2*7-9H,4-6H2,1-3H3;3*7-9H,3-6H2,1-2H3;7-8H,3-6H2,1-2H3;1H4/t9-;2*8-;;;;7-;/m110...0./s1. The third-order valence-corrected chi connectivity index (χ3v) is 14.1. The third-order valence-electron chi connectivity index (χ3n) is 14.1. The highest BCUT2D eigenvalue weighted by Gasteiger charge is 2.22. The Morgan fingerprint density at radius 3 is 0.779 bits per heavy atom. The molecule has 0 unspecified atom stereocenters. The molecule has 0 bridgehead atoms. The van der Waals surface area contributed by atoms with Gasteiger partial charge in [0.05, 0.1) is 0 Å². The van der Waals surface area contributed by atoms with Crippen LogP contribution in [0.4, 0.5) is 0 Å². The molecule has 0 aromatic carbocycles. The smallest absolute Gasteiger partial charge is 0.0209 e. The molecule has 7 rings (SSSR count). The lowest BCUT2D eigenvalue weighted by molar-refractivity contribution is 0.341. The number of likely N-dealkylation sites (N-methyl/N-ethyl adjacent to an activating group) is 5. The Labute approximate surface area is 427 Å². The van der Waals surface area contributed by atoms with Crippen molar-refractivity contribution in [1.29, 1.82) is 0 Å². The monoisotopic (exact) mass is 966 g/mol. The molecule has 4 saturated heterocycles. The summed E-state index contributed by atoms with van der Waals surface area (Å²) in [5, 5.41) is 24.5. The Kier molecular flexibility index (Phi) is 40.7. The molecular formula is C57H127N11. The van der Waals surface area contributed by atoms with E-state index in [1.54, 1.807) is 0 Å². The summed E-state index contributed by atoms with van der Waals surface area (Å²) >= 11 is 0. The lowest BCUT2D eigenvalue weighted by Crippen LogP contribution is -2.36. The van der Waals surface area contributed by atoms with Crippen LogP contribution in [-0.2, 0) is 0 Å². The highest BCUT2D eigenvalue weighted by atomic mass is 15.2. The Hall–Kier alpha value is -0.440. The molecule has 0 aromatic heterocycles. The van der Waals surface area contributed by atoms with Gasteiger partial charge in [-0.2, -0.15) is 0 Å². The Morgan fingerprint density at radius 1 is 0.338 bits per heavy atom. The van der Waals surface area contributed by atoms with Crippen LogP contribution in [0.1, 0.15) is 207 Å². The van der Waals surface area contributed by atoms with Crippen LogP contribution in [0.5, 0.6) is 0 Å². The van der Waals surface area contributed by atoms with E-state index in [0.717, 1.165) is 42.3 Å². The van der Waals surface area contributed by atoms with E-state index in [-0.39, 0.29) is 7.43 Å². The van der Waals surface area contributed by atoms with Gasteiger partial charge in [0.2, 0.25) is 0 Å². The summed E-state index contributed by atoms with van der Waals surface area (Å²) in [5.74, 6) is 0. The first-order valence-corrected chi connectivity index (χ1v) is 28.9. The van der Waals surface area contributed by atoms with Crippen molar-refractivity contribution in [1.82, 2.24) is 56.8 Å². The van der Waals surface area contributed by atoms with Crippen molar-refractivity contribution in [3.8, 4) is 0 Å². The maximum atomic E-state index is 3.56. The van der Waals surface area contributed by atoms with E-state index < -0.39 is 0 Å². The maximum absolute atomic E-state index is 3.56. The van der Waals surface area contributed by atoms with Crippen molar-refractivity contribution in [2.45, 2.75) is 286 Å². The fraction of sp³-hybridized carbons (Fsp3) is 1.00. The summed E-state index contributed by atoms with van der Waals surface area (Å²) in [6.45, 7) is 43.4. The summed E-state index contributed by atoms with van der Waals surface area (Å²) in [7, 11) is 6.41. The first kappa shape index (κ1) is 67.6. The third kappa shape index (κ3) is 36.5. The van der Waals surface area contributed by atoms with Gasteiger partial charge in [0.15, 0.2) is 0 Å². The predicted molar refractivity (Wildman–Crippen MR) is 305 cm³/mol. The zero-order valence-corrected chi connectivity index (χ0v) is 48.2. The highest BCUT2D eigenvalue weighted by molar-refractivity contribution is 4.83. The van der Waals surface area contributed by atoms with Gasteiger partial charge in [-0.3, -0.25) is 0 Å². The number of nitrogens with zero attached hydrogens (tertiary/aromatic N) is 4. The van der Waals surface area contributed by atoms with Gasteiger partial charge in [-0.1, -0.05) is 143 Å². The van der Waals surface area contributed by atoms with E-state index in [1.165, 1.54) is 168 Å². The summed E-state index contributed by atoms with van der Waals surface area (Å²) in [4.78, 5) is 9.72. The fourth-order valence-electron chi connectivity index (χ4n) is 10.9. The van der Waals surface area contributed by atoms with Crippen LogP contribution < -0.4 is 37.2 Å². The molecule has 7 fully saturated rings. The van der Waals surface area contributed by atoms with Gasteiger partial charge in [-0.05, 0) is 125 Å². The predicted octanol–water partition coefficient (Wildman–Crippen LogP) is 9.17. The van der Waals surface area contributed by atoms with Gasteiger partial charge < -0.3 is 56.8 Å². The SMILES string of the molecule is C.CC(C)NC1CCCC1.CC(C)NC1CCCC1.CC(C)NC1CCCC1.CC(C)N[C@@H]1CCN(C)C1.CC(C)N[C@H]1CCN(C)C1.CCN1CC[C@@H](NC(C)C)C1.CCN1CC[C@H](NC)C1. The second-order valence-electron chi connectivity index (χ2n) is 23.4. The van der Waals surface area contributed by atoms with Gasteiger partial charge in [0.25, 0.3) is 0 Å². The topological polar surface area (TPSA) is 97.2 Å². The van der Waals surface area contributed by atoms with Gasteiger partial charge in [0.1, 0.15) is 0 Å². The normalized spacial score (nSPS) is 25.1. The van der Waals surface area contributed by atoms with Crippen molar-refractivity contribution in [2.24, 2.45) is 0 Å². The van der Waals surface area contributed by atoms with Gasteiger partial charge in [-0.15, -0.1) is 0 Å². The van der Waals surface area contributed by atoms with Crippen molar-refractivity contribution >= 4 is 0 Å². The Bertz CT molecular complexity index is 999. The van der Waals surface area contributed by atoms with Crippen molar-refractivity contribution < 1.29 is 0 Å². The Morgan fingerprint density at radius 2 is 0.574 bits per heavy atom. The van der Waals surface area contributed by atoms with E-state index in [4.69, 9.17) is 0 Å². The first-order valence-electron chi connectivity index (χ1n) is 28.9. The van der Waals surface area contributed by atoms with Crippen LogP contribution in [0.3, 0.4) is 0 Å². The summed E-state index contributed by atoms with van der Waals surface area (Å²) in [5.41, 5.74) is 0. The van der Waals surface area contributed by atoms with Gasteiger partial charge in [-0.25, -0.2) is 0 Å². The Balaban J connectivity index is 0.000000769. The summed E-state index contributed by atoms with van der Waals surface area (Å²) in [6, 6.07) is 9.43. The van der Waals surface area contributed by atoms with Crippen molar-refractivity contribution in [3.05, 3.63) is 0 Å². The molecule has 11 heteroatoms. The minimum atomic E-state index is 0. The molecule has 68 heavy (non-hydrogen) atoms. The van der Waals surface area contributed by atoms with Crippen molar-refractivity contribution in [2.75, 3.05) is 86.6 Å². The molecule has 3 saturated carbocycles. The molecule has 7 N–H and O–H groups in total. The second-order valence-corrected chi connectivity index (χ2v) is 23.4. The van der Waals surface area contributed by atoms with Crippen LogP contribution in [0, 0.1) is 0 Å². The van der Waals surface area contributed by atoms with E-state index in [1.807, 2.05) is 7.05 Å². The zero-order valence-electron chi connectivity index (χ0n) is 48.2. The minimum Gasteiger partial charge on any atom is -0.316 e. The average molecular weight is 967 g/mol. The largest absolute Gasteiger partial charge is 0.316 e. The van der Waals surface area contributed by atoms with Gasteiger partial charge >= 0.3 is 0 Å². The molecule has 3 aliphatic carbocycles. The number of hydrogen-bond acceptors (Lipinski definition) is 11. The summed E-state index contributed by atoms with van der Waals surface area (Å²) < 4.78 is 0. The first-order chi connectivity index (χ1) is 31.8. The average Bonchev–Trinajstić information content (AvgIpc) is 4.10. The molecule has 11 nitrogen and oxygen atoms in total. The van der Waals surface area contributed by atoms with E-state index >= 15 is 0 Å². The van der Waals surface area contributed by atoms with Crippen LogP contribution in [0.2, 0.25) is 0 Å². The summed E-state index contributed by atoms with van der Waals surface area (Å²) in [6.07, 6.45) is 22.3. The highest BCUT2D eigenvalue weighted by Crippen LogP contribution is 2.19. The minimum absolute atomic E-state index is 0. The molecular weight excluding hydrogens is 839 g/mol. The zero-order chi connectivity index (χ0) is 50.1. The van der Waals surface area contributed by atoms with Crippen LogP contribution >= 0.6 is 0 Å². The van der Waals surface area contributed by atoms with Crippen LogP contribution in [0.25, 0.3) is 0 Å². The maximum Gasteiger partial charge on any atom is 0.0209 e. The lowest BCUT2D eigenvalue weighted by Gasteiger charge is -2.16. The van der Waals surface area contributed by atoms with E-state index in [2.05, 4.69) is 168 Å². The number of nitrogens with one attached hydrogen (secondary N) is 7. The molecule has 0 radical (unpaired) electrons. The quantitative estimate of drug-likeness (QED) is 0.0857. The van der Waals surface area contributed by atoms with Crippen molar-refractivity contribution in [3.63, 3.8) is 0 Å². The second kappa shape index (κ2) is 41.0. The lowest BCUT2D eigenvalue weighted by atomic mass is 10.2. The molecule has 4 aliphatic heterocycles. The molecule has 4 atom stereocenters. The molecule has 0 amide bonds.